The van der Waals surface area contributed by atoms with E-state index in [0.717, 1.165) is 60.2 Å². The summed E-state index contributed by atoms with van der Waals surface area (Å²) in [7, 11) is 0. The van der Waals surface area contributed by atoms with E-state index in [4.69, 9.17) is 23.5 Å². The molecule has 6 rings (SSSR count). The van der Waals surface area contributed by atoms with Gasteiger partial charge >= 0.3 is 0 Å². The lowest BCUT2D eigenvalue weighted by molar-refractivity contribution is 0.0330. The van der Waals surface area contributed by atoms with E-state index in [2.05, 4.69) is 22.0 Å². The van der Waals surface area contributed by atoms with E-state index in [9.17, 15) is 0 Å². The monoisotopic (exact) mass is 469 g/mol. The van der Waals surface area contributed by atoms with Crippen LogP contribution in [0.1, 0.15) is 29.6 Å². The molecule has 4 aromatic heterocycles. The molecular weight excluding hydrogens is 446 g/mol. The zero-order chi connectivity index (χ0) is 21.5. The molecule has 1 aliphatic heterocycles. The second-order valence-electron chi connectivity index (χ2n) is 8.32. The van der Waals surface area contributed by atoms with Crippen molar-refractivity contribution in [3.8, 4) is 11.7 Å². The second-order valence-corrected chi connectivity index (χ2v) is 10.3. The summed E-state index contributed by atoms with van der Waals surface area (Å²) in [6, 6.07) is 3.61. The van der Waals surface area contributed by atoms with Crippen LogP contribution in [-0.2, 0) is 24.1 Å². The summed E-state index contributed by atoms with van der Waals surface area (Å²) < 4.78 is 16.7. The van der Waals surface area contributed by atoms with Gasteiger partial charge in [-0.15, -0.1) is 21.5 Å². The molecule has 1 unspecified atom stereocenters. The van der Waals surface area contributed by atoms with Gasteiger partial charge in [0, 0.05) is 23.4 Å². The highest BCUT2D eigenvalue weighted by atomic mass is 32.2. The average molecular weight is 470 g/mol. The maximum atomic E-state index is 5.87. The Morgan fingerprint density at radius 2 is 2.12 bits per heavy atom. The summed E-state index contributed by atoms with van der Waals surface area (Å²) in [5, 5.41) is 10.9. The number of fused-ring (bicyclic) bond motifs is 3. The first-order chi connectivity index (χ1) is 15.7. The van der Waals surface area contributed by atoms with Crippen LogP contribution in [0.4, 0.5) is 0 Å². The fraction of sp³-hybridized carbons (Fsp3) is 0.455. The van der Waals surface area contributed by atoms with Crippen LogP contribution in [0.3, 0.4) is 0 Å². The zero-order valence-electron chi connectivity index (χ0n) is 17.7. The lowest BCUT2D eigenvalue weighted by Gasteiger charge is -2.25. The second kappa shape index (κ2) is 8.58. The van der Waals surface area contributed by atoms with Gasteiger partial charge in [-0.25, -0.2) is 9.97 Å². The highest BCUT2D eigenvalue weighted by Crippen LogP contribution is 2.42. The standard InChI is InChI=1S/C22H23N5O3S2/c1-13-4-5-14-16(11-13)31-20-18(14)21(24-17(23-20)12-27-6-9-28-10-7-27)32-22-26-25-19(30-22)15-3-2-8-29-15/h2-3,8,13H,4-7,9-12H2,1H3. The van der Waals surface area contributed by atoms with Crippen molar-refractivity contribution < 1.29 is 13.6 Å². The fourth-order valence-electron chi connectivity index (χ4n) is 4.29. The summed E-state index contributed by atoms with van der Waals surface area (Å²) in [6.45, 7) is 6.36. The summed E-state index contributed by atoms with van der Waals surface area (Å²) in [5.74, 6) is 2.48. The lowest BCUT2D eigenvalue weighted by atomic mass is 9.89. The summed E-state index contributed by atoms with van der Waals surface area (Å²) in [5.41, 5.74) is 1.40. The van der Waals surface area contributed by atoms with Crippen LogP contribution in [0.2, 0.25) is 0 Å². The van der Waals surface area contributed by atoms with Crippen LogP contribution in [0.15, 0.2) is 37.5 Å². The van der Waals surface area contributed by atoms with Crippen molar-refractivity contribution in [2.24, 2.45) is 5.92 Å². The third-order valence-electron chi connectivity index (χ3n) is 5.96. The Bertz CT molecular complexity index is 1230. The molecule has 0 aromatic carbocycles. The Labute approximate surface area is 193 Å². The number of hydrogen-bond acceptors (Lipinski definition) is 10. The maximum absolute atomic E-state index is 5.87. The van der Waals surface area contributed by atoms with Gasteiger partial charge in [0.1, 0.15) is 15.7 Å². The molecule has 0 radical (unpaired) electrons. The number of hydrogen-bond donors (Lipinski definition) is 0. The molecule has 1 atom stereocenters. The van der Waals surface area contributed by atoms with Crippen molar-refractivity contribution in [3.63, 3.8) is 0 Å². The molecule has 0 saturated carbocycles. The predicted molar refractivity (Wildman–Crippen MR) is 121 cm³/mol. The van der Waals surface area contributed by atoms with Crippen LogP contribution >= 0.6 is 23.1 Å². The van der Waals surface area contributed by atoms with E-state index in [-0.39, 0.29) is 0 Å². The van der Waals surface area contributed by atoms with Gasteiger partial charge in [0.15, 0.2) is 5.76 Å². The Kier molecular flexibility index (Phi) is 5.46. The number of furan rings is 1. The fourth-order valence-corrected chi connectivity index (χ4v) is 6.60. The summed E-state index contributed by atoms with van der Waals surface area (Å²) >= 11 is 3.24. The number of aryl methyl sites for hydroxylation is 1. The van der Waals surface area contributed by atoms with E-state index < -0.39 is 0 Å². The van der Waals surface area contributed by atoms with Crippen molar-refractivity contribution in [3.05, 3.63) is 34.7 Å². The maximum Gasteiger partial charge on any atom is 0.284 e. The van der Waals surface area contributed by atoms with Gasteiger partial charge in [-0.1, -0.05) is 6.92 Å². The number of rotatable bonds is 5. The minimum atomic E-state index is 0.373. The van der Waals surface area contributed by atoms with Crippen molar-refractivity contribution in [1.29, 1.82) is 0 Å². The van der Waals surface area contributed by atoms with Crippen LogP contribution in [0.25, 0.3) is 21.9 Å². The third kappa shape index (κ3) is 3.96. The molecule has 10 heteroatoms. The van der Waals surface area contributed by atoms with Crippen molar-refractivity contribution in [2.45, 2.75) is 43.0 Å². The quantitative estimate of drug-likeness (QED) is 0.393. The third-order valence-corrected chi connectivity index (χ3v) is 7.94. The molecule has 8 nitrogen and oxygen atoms in total. The first-order valence-electron chi connectivity index (χ1n) is 10.9. The number of morpholine rings is 1. The van der Waals surface area contributed by atoms with Gasteiger partial charge in [0.25, 0.3) is 11.1 Å². The molecular formula is C22H23N5O3S2. The Hall–Kier alpha value is -2.27. The Morgan fingerprint density at radius 3 is 2.97 bits per heavy atom. The van der Waals surface area contributed by atoms with Gasteiger partial charge in [0.2, 0.25) is 0 Å². The molecule has 0 bridgehead atoms. The number of thiophene rings is 1. The number of aromatic nitrogens is 4. The largest absolute Gasteiger partial charge is 0.459 e. The highest BCUT2D eigenvalue weighted by Gasteiger charge is 2.26. The minimum Gasteiger partial charge on any atom is -0.459 e. The van der Waals surface area contributed by atoms with Gasteiger partial charge in [0.05, 0.1) is 26.0 Å². The molecule has 5 heterocycles. The topological polar surface area (TPSA) is 90.3 Å². The molecule has 4 aromatic rings. The SMILES string of the molecule is CC1CCc2c(sc3nc(CN4CCOCC4)nc(Sc4nnc(-c5ccco5)o4)c23)C1. The first-order valence-corrected chi connectivity index (χ1v) is 12.5. The average Bonchev–Trinajstić information content (AvgIpc) is 3.53. The zero-order valence-corrected chi connectivity index (χ0v) is 19.4. The van der Waals surface area contributed by atoms with Crippen LogP contribution < -0.4 is 0 Å². The lowest BCUT2D eigenvalue weighted by Crippen LogP contribution is -2.36. The summed E-state index contributed by atoms with van der Waals surface area (Å²) in [6.07, 6.45) is 4.97. The van der Waals surface area contributed by atoms with Crippen LogP contribution in [0.5, 0.6) is 0 Å². The number of ether oxygens (including phenoxy) is 1. The molecule has 0 N–H and O–H groups in total. The van der Waals surface area contributed by atoms with E-state index in [0.29, 0.717) is 29.3 Å². The van der Waals surface area contributed by atoms with E-state index in [1.165, 1.54) is 28.6 Å². The van der Waals surface area contributed by atoms with Gasteiger partial charge < -0.3 is 13.6 Å². The van der Waals surface area contributed by atoms with Crippen LogP contribution in [0, 0.1) is 5.92 Å². The number of nitrogens with zero attached hydrogens (tertiary/aromatic N) is 5. The van der Waals surface area contributed by atoms with Crippen molar-refractivity contribution in [1.82, 2.24) is 25.1 Å². The van der Waals surface area contributed by atoms with E-state index in [1.807, 2.05) is 17.4 Å². The van der Waals surface area contributed by atoms with Gasteiger partial charge in [-0.3, -0.25) is 4.90 Å². The molecule has 1 aliphatic carbocycles. The molecule has 32 heavy (non-hydrogen) atoms. The molecule has 1 fully saturated rings. The van der Waals surface area contributed by atoms with E-state index >= 15 is 0 Å². The van der Waals surface area contributed by atoms with Crippen LogP contribution in [-0.4, -0.2) is 51.4 Å². The molecule has 166 valence electrons. The van der Waals surface area contributed by atoms with Crippen molar-refractivity contribution in [2.75, 3.05) is 26.3 Å². The Balaban J connectivity index is 1.38. The van der Waals surface area contributed by atoms with Crippen molar-refractivity contribution >= 4 is 33.3 Å². The normalized spacial score (nSPS) is 19.5. The van der Waals surface area contributed by atoms with E-state index in [1.54, 1.807) is 12.3 Å². The Morgan fingerprint density at radius 1 is 1.22 bits per heavy atom. The molecule has 1 saturated heterocycles. The van der Waals surface area contributed by atoms with Gasteiger partial charge in [-0.2, -0.15) is 0 Å². The highest BCUT2D eigenvalue weighted by molar-refractivity contribution is 7.99. The predicted octanol–water partition coefficient (Wildman–Crippen LogP) is 4.44. The smallest absolute Gasteiger partial charge is 0.284 e. The molecule has 2 aliphatic rings. The molecule has 0 spiro atoms. The van der Waals surface area contributed by atoms with Gasteiger partial charge in [-0.05, 0) is 54.6 Å². The molecule has 0 amide bonds. The minimum absolute atomic E-state index is 0.373. The first kappa shape index (κ1) is 20.3. The summed E-state index contributed by atoms with van der Waals surface area (Å²) in [4.78, 5) is 14.8.